The number of rotatable bonds is 5. The maximum atomic E-state index is 11.8. The lowest BCUT2D eigenvalue weighted by Gasteiger charge is -1.99. The summed E-state index contributed by atoms with van der Waals surface area (Å²) >= 11 is 1.05. The topological polar surface area (TPSA) is 102 Å². The van der Waals surface area contributed by atoms with Crippen molar-refractivity contribution in [2.45, 2.75) is 4.21 Å². The van der Waals surface area contributed by atoms with E-state index < -0.39 is 14.9 Å². The molecular formula is C11H9N3O4S2. The Morgan fingerprint density at radius 3 is 2.65 bits per heavy atom. The summed E-state index contributed by atoms with van der Waals surface area (Å²) in [7, 11) is -3.72. The van der Waals surface area contributed by atoms with Gasteiger partial charge in [0.25, 0.3) is 15.7 Å². The number of nitrogens with zero attached hydrogens (tertiary/aromatic N) is 2. The Morgan fingerprint density at radius 1 is 1.25 bits per heavy atom. The molecule has 1 aromatic heterocycles. The molecule has 0 spiro atoms. The van der Waals surface area contributed by atoms with Gasteiger partial charge in [0.2, 0.25) is 0 Å². The van der Waals surface area contributed by atoms with Crippen LogP contribution in [0.2, 0.25) is 0 Å². The van der Waals surface area contributed by atoms with Crippen molar-refractivity contribution in [3.8, 4) is 0 Å². The molecule has 1 heterocycles. The first kappa shape index (κ1) is 14.2. The maximum absolute atomic E-state index is 11.8. The summed E-state index contributed by atoms with van der Waals surface area (Å²) in [5, 5.41) is 16.0. The van der Waals surface area contributed by atoms with Crippen LogP contribution in [0.25, 0.3) is 0 Å². The van der Waals surface area contributed by atoms with Gasteiger partial charge in [-0.3, -0.25) is 10.1 Å². The number of nitro benzene ring substituents is 1. The van der Waals surface area contributed by atoms with Gasteiger partial charge in [-0.25, -0.2) is 0 Å². The average Bonchev–Trinajstić information content (AvgIpc) is 2.93. The number of nitrogens with one attached hydrogen (secondary N) is 1. The molecule has 0 amide bonds. The molecule has 20 heavy (non-hydrogen) atoms. The van der Waals surface area contributed by atoms with E-state index in [0.29, 0.717) is 0 Å². The van der Waals surface area contributed by atoms with E-state index in [0.717, 1.165) is 17.6 Å². The number of hydrogen-bond acceptors (Lipinski definition) is 6. The predicted octanol–water partition coefficient (Wildman–Crippen LogP) is 1.97. The van der Waals surface area contributed by atoms with E-state index in [1.165, 1.54) is 24.3 Å². The van der Waals surface area contributed by atoms with Crippen LogP contribution in [0.3, 0.4) is 0 Å². The first-order valence-corrected chi connectivity index (χ1v) is 7.69. The molecule has 0 saturated heterocycles. The van der Waals surface area contributed by atoms with E-state index in [-0.39, 0.29) is 15.5 Å². The van der Waals surface area contributed by atoms with Crippen LogP contribution in [-0.2, 0) is 10.0 Å². The summed E-state index contributed by atoms with van der Waals surface area (Å²) in [5.41, 5.74) is 0.0675. The second-order valence-corrected chi connectivity index (χ2v) is 6.44. The van der Waals surface area contributed by atoms with Gasteiger partial charge in [-0.05, 0) is 17.5 Å². The Balaban J connectivity index is 2.18. The number of sulfonamides is 1. The molecule has 0 saturated carbocycles. The first-order valence-electron chi connectivity index (χ1n) is 5.32. The molecule has 0 fully saturated rings. The number of benzene rings is 1. The molecule has 0 atom stereocenters. The third-order valence-electron chi connectivity index (χ3n) is 2.27. The zero-order valence-corrected chi connectivity index (χ0v) is 11.6. The highest BCUT2D eigenvalue weighted by molar-refractivity contribution is 7.91. The highest BCUT2D eigenvalue weighted by Crippen LogP contribution is 2.16. The minimum atomic E-state index is -3.72. The fourth-order valence-corrected chi connectivity index (χ4v) is 3.16. The molecule has 0 aliphatic heterocycles. The first-order chi connectivity index (χ1) is 9.50. The van der Waals surface area contributed by atoms with E-state index in [4.69, 9.17) is 0 Å². The molecule has 0 aliphatic carbocycles. The van der Waals surface area contributed by atoms with Crippen LogP contribution >= 0.6 is 11.3 Å². The van der Waals surface area contributed by atoms with Gasteiger partial charge in [-0.2, -0.15) is 18.4 Å². The van der Waals surface area contributed by atoms with E-state index >= 15 is 0 Å². The van der Waals surface area contributed by atoms with E-state index in [1.54, 1.807) is 17.5 Å². The zero-order chi connectivity index (χ0) is 14.6. The van der Waals surface area contributed by atoms with Crippen molar-refractivity contribution in [2.24, 2.45) is 5.10 Å². The molecule has 104 valence electrons. The summed E-state index contributed by atoms with van der Waals surface area (Å²) in [6, 6.07) is 8.95. The second-order valence-electron chi connectivity index (χ2n) is 3.60. The molecular weight excluding hydrogens is 302 g/mol. The Labute approximate surface area is 118 Å². The third kappa shape index (κ3) is 3.19. The van der Waals surface area contributed by atoms with Crippen molar-refractivity contribution in [3.05, 3.63) is 57.5 Å². The van der Waals surface area contributed by atoms with Gasteiger partial charge in [0, 0.05) is 6.07 Å². The van der Waals surface area contributed by atoms with Gasteiger partial charge in [0.1, 0.15) is 4.21 Å². The van der Waals surface area contributed by atoms with Crippen LogP contribution in [0.4, 0.5) is 5.69 Å². The van der Waals surface area contributed by atoms with Crippen molar-refractivity contribution < 1.29 is 13.3 Å². The maximum Gasteiger partial charge on any atom is 0.286 e. The Hall–Kier alpha value is -2.26. The quantitative estimate of drug-likeness (QED) is 0.518. The van der Waals surface area contributed by atoms with E-state index in [9.17, 15) is 18.5 Å². The van der Waals surface area contributed by atoms with Crippen molar-refractivity contribution >= 4 is 33.3 Å². The highest BCUT2D eigenvalue weighted by Gasteiger charge is 2.14. The summed E-state index contributed by atoms with van der Waals surface area (Å²) in [4.78, 5) is 12.2. The molecule has 1 aromatic carbocycles. The number of hydrazone groups is 1. The van der Waals surface area contributed by atoms with E-state index in [2.05, 4.69) is 5.10 Å². The Morgan fingerprint density at radius 2 is 2.00 bits per heavy atom. The largest absolute Gasteiger partial charge is 0.286 e. The molecule has 9 heteroatoms. The fourth-order valence-electron chi connectivity index (χ4n) is 1.39. The lowest BCUT2D eigenvalue weighted by molar-refractivity contribution is -0.385. The molecule has 0 unspecified atom stereocenters. The van der Waals surface area contributed by atoms with Gasteiger partial charge in [-0.1, -0.05) is 18.2 Å². The van der Waals surface area contributed by atoms with Gasteiger partial charge < -0.3 is 0 Å². The monoisotopic (exact) mass is 311 g/mol. The van der Waals surface area contributed by atoms with Crippen LogP contribution in [0.1, 0.15) is 5.56 Å². The zero-order valence-electron chi connectivity index (χ0n) is 9.96. The van der Waals surface area contributed by atoms with Gasteiger partial charge in [-0.15, -0.1) is 11.3 Å². The van der Waals surface area contributed by atoms with Gasteiger partial charge in [0.15, 0.2) is 0 Å². The highest BCUT2D eigenvalue weighted by atomic mass is 32.2. The lowest BCUT2D eigenvalue weighted by atomic mass is 10.2. The summed E-state index contributed by atoms with van der Waals surface area (Å²) < 4.78 is 23.6. The fraction of sp³-hybridized carbons (Fsp3) is 0. The number of para-hydroxylation sites is 1. The van der Waals surface area contributed by atoms with Crippen LogP contribution < -0.4 is 4.83 Å². The summed E-state index contributed by atoms with van der Waals surface area (Å²) in [6.45, 7) is 0. The van der Waals surface area contributed by atoms with Crippen LogP contribution in [-0.4, -0.2) is 19.6 Å². The molecule has 7 nitrogen and oxygen atoms in total. The van der Waals surface area contributed by atoms with Crippen LogP contribution in [0, 0.1) is 10.1 Å². The van der Waals surface area contributed by atoms with Crippen molar-refractivity contribution in [2.75, 3.05) is 0 Å². The minimum absolute atomic E-state index is 0.122. The molecule has 2 rings (SSSR count). The summed E-state index contributed by atoms with van der Waals surface area (Å²) in [6.07, 6.45) is 1.10. The van der Waals surface area contributed by atoms with Crippen molar-refractivity contribution in [3.63, 3.8) is 0 Å². The van der Waals surface area contributed by atoms with Crippen LogP contribution in [0.5, 0.6) is 0 Å². The molecule has 0 bridgehead atoms. The molecule has 1 N–H and O–H groups in total. The van der Waals surface area contributed by atoms with Crippen LogP contribution in [0.15, 0.2) is 51.1 Å². The second kappa shape index (κ2) is 5.80. The van der Waals surface area contributed by atoms with Crippen molar-refractivity contribution in [1.82, 2.24) is 4.83 Å². The Kier molecular flexibility index (Phi) is 4.11. The smallest absolute Gasteiger partial charge is 0.258 e. The van der Waals surface area contributed by atoms with E-state index in [1.807, 2.05) is 4.83 Å². The summed E-state index contributed by atoms with van der Waals surface area (Å²) in [5.74, 6) is 0. The normalized spacial score (nSPS) is 11.6. The minimum Gasteiger partial charge on any atom is -0.258 e. The van der Waals surface area contributed by atoms with Gasteiger partial charge in [0.05, 0.1) is 16.7 Å². The van der Waals surface area contributed by atoms with Crippen molar-refractivity contribution in [1.29, 1.82) is 0 Å². The average molecular weight is 311 g/mol. The number of nitro groups is 1. The lowest BCUT2D eigenvalue weighted by Crippen LogP contribution is -2.17. The third-order valence-corrected chi connectivity index (χ3v) is 4.89. The Bertz CT molecular complexity index is 739. The standard InChI is InChI=1S/C11H9N3O4S2/c15-14(16)10-5-2-1-4-9(10)8-12-13-20(17,18)11-6-3-7-19-11/h1-8,13H/b12-8+. The molecule has 2 aromatic rings. The van der Waals surface area contributed by atoms with Gasteiger partial charge >= 0.3 is 0 Å². The number of hydrogen-bond donors (Lipinski definition) is 1. The predicted molar refractivity (Wildman–Crippen MR) is 75.3 cm³/mol. The number of thiophene rings is 1. The molecule has 0 radical (unpaired) electrons. The SMILES string of the molecule is O=[N+]([O-])c1ccccc1/C=N/NS(=O)(=O)c1cccs1. The molecule has 0 aliphatic rings.